The quantitative estimate of drug-likeness (QED) is 0.105. The molecule has 0 bridgehead atoms. The van der Waals surface area contributed by atoms with E-state index in [4.69, 9.17) is 0 Å². The molecule has 0 aliphatic heterocycles. The Morgan fingerprint density at radius 3 is 1.39 bits per heavy atom. The number of nitrogens with zero attached hydrogens (tertiary/aromatic N) is 2. The van der Waals surface area contributed by atoms with Crippen molar-refractivity contribution in [3.05, 3.63) is 273 Å². The first-order valence-electron chi connectivity index (χ1n) is 26.6. The predicted octanol–water partition coefficient (Wildman–Crippen LogP) is 19.4. The summed E-state index contributed by atoms with van der Waals surface area (Å²) in [5.41, 5.74) is 16.8. The van der Waals surface area contributed by atoms with Crippen LogP contribution in [0, 0.1) is 0 Å². The fourth-order valence-electron chi connectivity index (χ4n) is 12.6. The van der Waals surface area contributed by atoms with Crippen LogP contribution in [0.3, 0.4) is 0 Å². The minimum absolute atomic E-state index is 0.339. The molecule has 0 N–H and O–H groups in total. The van der Waals surface area contributed by atoms with Gasteiger partial charge >= 0.3 is 0 Å². The zero-order valence-corrected chi connectivity index (χ0v) is 43.5. The van der Waals surface area contributed by atoms with Crippen LogP contribution in [-0.2, 0) is 0 Å². The van der Waals surface area contributed by atoms with E-state index in [1.807, 2.05) is 0 Å². The van der Waals surface area contributed by atoms with Crippen molar-refractivity contribution in [2.75, 3.05) is 9.80 Å². The monoisotopic (exact) mass is 982 g/mol. The maximum atomic E-state index is 2.49. The van der Waals surface area contributed by atoms with Crippen molar-refractivity contribution in [2.45, 2.75) is 6.55 Å². The zero-order valence-electron chi connectivity index (χ0n) is 42.1. The summed E-state index contributed by atoms with van der Waals surface area (Å²) in [6.07, 6.45) is 0. The van der Waals surface area contributed by atoms with E-state index in [1.54, 1.807) is 0 Å². The van der Waals surface area contributed by atoms with E-state index >= 15 is 0 Å². The molecular weight excluding hydrogens is 933 g/mol. The van der Waals surface area contributed by atoms with E-state index in [0.717, 1.165) is 34.1 Å². The Kier molecular flexibility index (Phi) is 10.3. The van der Waals surface area contributed by atoms with Gasteiger partial charge in [-0.25, -0.2) is 0 Å². The van der Waals surface area contributed by atoms with E-state index in [0.29, 0.717) is 0 Å². The topological polar surface area (TPSA) is 6.48 Å². The van der Waals surface area contributed by atoms with Gasteiger partial charge in [0, 0.05) is 33.5 Å². The van der Waals surface area contributed by atoms with Crippen molar-refractivity contribution in [3.63, 3.8) is 0 Å². The Labute approximate surface area is 444 Å². The van der Waals surface area contributed by atoms with Crippen LogP contribution in [0.2, 0.25) is 6.55 Å². The molecule has 0 aromatic heterocycles. The van der Waals surface area contributed by atoms with Gasteiger partial charge in [0.15, 0.2) is 0 Å². The first kappa shape index (κ1) is 44.0. The van der Waals surface area contributed by atoms with E-state index in [1.165, 1.54) is 114 Å². The molecule has 2 nitrogen and oxygen atoms in total. The molecule has 0 spiro atoms. The first-order chi connectivity index (χ1) is 37.7. The fraction of sp³-hybridized carbons (Fsp3) is 0.0137. The highest BCUT2D eigenvalue weighted by Crippen LogP contribution is 2.54. The predicted molar refractivity (Wildman–Crippen MR) is 330 cm³/mol. The van der Waals surface area contributed by atoms with Crippen molar-refractivity contribution in [3.8, 4) is 44.5 Å². The molecule has 3 heteroatoms. The summed E-state index contributed by atoms with van der Waals surface area (Å²) in [5, 5.41) is 16.1. The van der Waals surface area contributed by atoms with Gasteiger partial charge in [-0.3, -0.25) is 0 Å². The molecule has 1 aliphatic rings. The number of benzene rings is 14. The molecule has 0 saturated heterocycles. The van der Waals surface area contributed by atoms with E-state index < -0.39 is 0 Å². The number of hydrogen-bond donors (Lipinski definition) is 0. The summed E-state index contributed by atoms with van der Waals surface area (Å²) < 4.78 is 0. The molecule has 1 aliphatic carbocycles. The second kappa shape index (κ2) is 17.8. The lowest BCUT2D eigenvalue weighted by Crippen LogP contribution is -2.14. The maximum absolute atomic E-state index is 2.49. The van der Waals surface area contributed by atoms with Crippen molar-refractivity contribution in [2.24, 2.45) is 0 Å². The third kappa shape index (κ3) is 7.01. The maximum Gasteiger partial charge on any atom is 0.0540 e. The van der Waals surface area contributed by atoms with Gasteiger partial charge in [0.25, 0.3) is 0 Å². The fourth-order valence-corrected chi connectivity index (χ4v) is 13.3. The average Bonchev–Trinajstić information content (AvgIpc) is 3.93. The molecule has 0 radical (unpaired) electrons. The zero-order chi connectivity index (χ0) is 50.3. The largest absolute Gasteiger partial charge is 0.310 e. The van der Waals surface area contributed by atoms with Gasteiger partial charge in [0.1, 0.15) is 0 Å². The van der Waals surface area contributed by atoms with Gasteiger partial charge in [-0.05, 0) is 165 Å². The van der Waals surface area contributed by atoms with Crippen LogP contribution >= 0.6 is 0 Å². The molecule has 15 rings (SSSR count). The molecule has 0 heterocycles. The van der Waals surface area contributed by atoms with Crippen molar-refractivity contribution >= 4 is 113 Å². The van der Waals surface area contributed by atoms with Crippen LogP contribution in [0.15, 0.2) is 273 Å². The van der Waals surface area contributed by atoms with Gasteiger partial charge < -0.3 is 9.80 Å². The molecule has 0 amide bonds. The summed E-state index contributed by atoms with van der Waals surface area (Å²) in [5.74, 6) is 0. The van der Waals surface area contributed by atoms with Crippen molar-refractivity contribution in [1.29, 1.82) is 0 Å². The highest BCUT2D eigenvalue weighted by Gasteiger charge is 2.27. The number of fused-ring (bicyclic) bond motifs is 8. The molecule has 76 heavy (non-hydrogen) atoms. The summed E-state index contributed by atoms with van der Waals surface area (Å²) in [4.78, 5) is 4.94. The molecule has 14 aromatic carbocycles. The SMILES string of the molecule is C[SiH2]c1ccc(N(c2ccc3c(-c4ccc5c6c(cccc46)-c4ccccc4-5)c4cc(N(c5ccccc5)c5cccc6ccccc56)ccc4c(-c4ccc5ccccc5c4)c3c2)c2cccc3ccccc23)cc1. The second-order valence-electron chi connectivity index (χ2n) is 20.2. The summed E-state index contributed by atoms with van der Waals surface area (Å²) in [6.45, 7) is 2.36. The Morgan fingerprint density at radius 1 is 0.263 bits per heavy atom. The third-order valence-corrected chi connectivity index (χ3v) is 17.4. The van der Waals surface area contributed by atoms with Crippen LogP contribution < -0.4 is 15.0 Å². The van der Waals surface area contributed by atoms with E-state index in [2.05, 4.69) is 289 Å². The van der Waals surface area contributed by atoms with Crippen LogP contribution in [-0.4, -0.2) is 9.52 Å². The highest BCUT2D eigenvalue weighted by molar-refractivity contribution is 6.51. The number of rotatable bonds is 9. The molecule has 356 valence electrons. The van der Waals surface area contributed by atoms with Crippen LogP contribution in [0.4, 0.5) is 34.1 Å². The van der Waals surface area contributed by atoms with Crippen molar-refractivity contribution in [1.82, 2.24) is 0 Å². The second-order valence-corrected chi connectivity index (χ2v) is 21.8. The molecule has 0 saturated carbocycles. The number of anilines is 6. The van der Waals surface area contributed by atoms with Gasteiger partial charge in [-0.1, -0.05) is 218 Å². The van der Waals surface area contributed by atoms with Gasteiger partial charge in [-0.15, -0.1) is 0 Å². The average molecular weight is 983 g/mol. The number of hydrogen-bond acceptors (Lipinski definition) is 2. The Hall–Kier alpha value is -9.54. The number of para-hydroxylation sites is 1. The Morgan fingerprint density at radius 2 is 0.737 bits per heavy atom. The molecule has 0 fully saturated rings. The minimum atomic E-state index is -0.339. The van der Waals surface area contributed by atoms with Crippen LogP contribution in [0.5, 0.6) is 0 Å². The minimum Gasteiger partial charge on any atom is -0.310 e. The van der Waals surface area contributed by atoms with Gasteiger partial charge in [0.2, 0.25) is 0 Å². The third-order valence-electron chi connectivity index (χ3n) is 16.1. The Balaban J connectivity index is 1.09. The standard InChI is InChI=1S/C73H50N2Si/c1-76-56-38-34-53(35-39-56)75(70-31-14-21-49-18-8-10-25-58(49)70)54-37-41-66-67(45-54)71(51-33-32-47-16-5-6-19-50(47)44-51)65-40-36-55(74(52-22-3-2-4-23-52)69-30-13-20-48-17-7-9-24-57(48)69)46-68(65)73(66)64-43-42-63-60-27-12-11-26-59(60)61-28-15-29-62(64)72(61)63/h2-46H,76H2,1H3. The van der Waals surface area contributed by atoms with Crippen molar-refractivity contribution < 1.29 is 0 Å². The van der Waals surface area contributed by atoms with E-state index in [-0.39, 0.29) is 9.52 Å². The van der Waals surface area contributed by atoms with Crippen LogP contribution in [0.25, 0.3) is 109 Å². The molecule has 0 unspecified atom stereocenters. The molecular formula is C73H50N2Si. The van der Waals surface area contributed by atoms with E-state index in [9.17, 15) is 0 Å². The Bertz CT molecular complexity index is 4600. The van der Waals surface area contributed by atoms with Gasteiger partial charge in [0.05, 0.1) is 20.9 Å². The first-order valence-corrected chi connectivity index (χ1v) is 28.7. The highest BCUT2D eigenvalue weighted by atomic mass is 28.2. The lowest BCUT2D eigenvalue weighted by Gasteiger charge is -2.29. The molecule has 14 aromatic rings. The normalized spacial score (nSPS) is 12.0. The van der Waals surface area contributed by atoms with Gasteiger partial charge in [-0.2, -0.15) is 0 Å². The summed E-state index contributed by atoms with van der Waals surface area (Å²) >= 11 is 0. The lowest BCUT2D eigenvalue weighted by molar-refractivity contribution is 1.30. The summed E-state index contributed by atoms with van der Waals surface area (Å²) in [7, 11) is -0.339. The summed E-state index contributed by atoms with van der Waals surface area (Å²) in [6, 6.07) is 102. The smallest absolute Gasteiger partial charge is 0.0540 e. The van der Waals surface area contributed by atoms with Crippen LogP contribution in [0.1, 0.15) is 0 Å². The molecule has 0 atom stereocenters. The lowest BCUT2D eigenvalue weighted by atomic mass is 9.83.